The number of aromatic hydroxyl groups is 2. The van der Waals surface area contributed by atoms with Crippen molar-refractivity contribution in [2.24, 2.45) is 5.92 Å². The fraction of sp³-hybridized carbons (Fsp3) is 0.412. The van der Waals surface area contributed by atoms with Crippen molar-refractivity contribution in [1.82, 2.24) is 0 Å². The van der Waals surface area contributed by atoms with Crippen LogP contribution in [0.2, 0.25) is 0 Å². The lowest BCUT2D eigenvalue weighted by atomic mass is 10.0. The van der Waals surface area contributed by atoms with Gasteiger partial charge in [-0.05, 0) is 18.5 Å². The van der Waals surface area contributed by atoms with Crippen molar-refractivity contribution >= 4 is 24.7 Å². The van der Waals surface area contributed by atoms with Crippen LogP contribution in [0.1, 0.15) is 32.8 Å². The van der Waals surface area contributed by atoms with Crippen molar-refractivity contribution in [3.05, 3.63) is 29.8 Å². The van der Waals surface area contributed by atoms with Crippen molar-refractivity contribution in [2.75, 3.05) is 6.16 Å². The van der Waals surface area contributed by atoms with Crippen LogP contribution in [0, 0.1) is 5.92 Å². The number of hydrogen-bond acceptors (Lipinski definition) is 2. The van der Waals surface area contributed by atoms with Gasteiger partial charge in [0.05, 0.1) is 0 Å². The second-order valence-electron chi connectivity index (χ2n) is 5.62. The number of benzene rings is 2. The molecule has 0 radical (unpaired) electrons. The molecule has 2 rings (SSSR count). The third-order valence-corrected chi connectivity index (χ3v) is 5.36. The van der Waals surface area contributed by atoms with E-state index in [2.05, 4.69) is 20.8 Å². The van der Waals surface area contributed by atoms with Crippen LogP contribution < -0.4 is 5.30 Å². The zero-order valence-electron chi connectivity index (χ0n) is 12.4. The lowest BCUT2D eigenvalue weighted by molar-refractivity contribution is 0.466. The lowest BCUT2D eigenvalue weighted by Crippen LogP contribution is -2.09. The van der Waals surface area contributed by atoms with Crippen LogP contribution in [0.3, 0.4) is 0 Å². The van der Waals surface area contributed by atoms with Gasteiger partial charge in [0.15, 0.2) is 0 Å². The molecule has 0 saturated heterocycles. The molecule has 0 fully saturated rings. The maximum absolute atomic E-state index is 10.6. The average Bonchev–Trinajstić information content (AvgIpc) is 2.44. The number of fused-ring (bicyclic) bond motifs is 1. The molecule has 2 aromatic carbocycles. The topological polar surface area (TPSA) is 40.5 Å². The van der Waals surface area contributed by atoms with Crippen molar-refractivity contribution in [1.29, 1.82) is 0 Å². The fourth-order valence-corrected chi connectivity index (χ4v) is 3.82. The van der Waals surface area contributed by atoms with Gasteiger partial charge in [0.2, 0.25) is 0 Å². The summed E-state index contributed by atoms with van der Waals surface area (Å²) in [7, 11) is 0.542. The Morgan fingerprint density at radius 3 is 2.20 bits per heavy atom. The van der Waals surface area contributed by atoms with E-state index in [0.717, 1.165) is 40.6 Å². The molecule has 2 N–H and O–H groups in total. The minimum Gasteiger partial charge on any atom is -0.507 e. The minimum absolute atomic E-state index is 0.353. The monoisotopic (exact) mass is 290 g/mol. The van der Waals surface area contributed by atoms with E-state index < -0.39 is 0 Å². The van der Waals surface area contributed by atoms with E-state index in [1.807, 2.05) is 24.3 Å². The molecule has 1 unspecified atom stereocenters. The highest BCUT2D eigenvalue weighted by atomic mass is 31.1. The highest BCUT2D eigenvalue weighted by molar-refractivity contribution is 7.47. The predicted octanol–water partition coefficient (Wildman–Crippen LogP) is 4.16. The van der Waals surface area contributed by atoms with Crippen LogP contribution in [0.25, 0.3) is 10.8 Å². The Bertz CT molecular complexity index is 605. The first kappa shape index (κ1) is 15.1. The molecule has 2 aromatic rings. The van der Waals surface area contributed by atoms with Crippen molar-refractivity contribution in [3.63, 3.8) is 0 Å². The Balaban J connectivity index is 2.62. The molecule has 0 saturated carbocycles. The summed E-state index contributed by atoms with van der Waals surface area (Å²) >= 11 is 0. The summed E-state index contributed by atoms with van der Waals surface area (Å²) in [6, 6.07) is 7.55. The Labute approximate surface area is 122 Å². The Hall–Kier alpha value is -1.27. The summed E-state index contributed by atoms with van der Waals surface area (Å²) in [4.78, 5) is 0. The highest BCUT2D eigenvalue weighted by Gasteiger charge is 2.18. The molecule has 0 aliphatic heterocycles. The zero-order chi connectivity index (χ0) is 14.7. The standard InChI is InChI=1S/C17H23O2P/c1-4-7-14-15(18)12-8-5-6-9-13(12)16(19)17(14)20-10-11(2)3/h5-6,8-9,11,18-20H,4,7,10H2,1-3H3. The summed E-state index contributed by atoms with van der Waals surface area (Å²) < 4.78 is 0. The van der Waals surface area contributed by atoms with Gasteiger partial charge in [-0.15, -0.1) is 0 Å². The van der Waals surface area contributed by atoms with Gasteiger partial charge < -0.3 is 10.2 Å². The van der Waals surface area contributed by atoms with Gasteiger partial charge in [0.1, 0.15) is 11.5 Å². The van der Waals surface area contributed by atoms with Crippen LogP contribution in [0.5, 0.6) is 11.5 Å². The number of phenols is 2. The van der Waals surface area contributed by atoms with E-state index in [-0.39, 0.29) is 0 Å². The molecular weight excluding hydrogens is 267 g/mol. The molecule has 0 aliphatic rings. The SMILES string of the molecule is CCCc1c(PCC(C)C)c(O)c2ccccc2c1O. The van der Waals surface area contributed by atoms with E-state index in [0.29, 0.717) is 26.0 Å². The second kappa shape index (κ2) is 6.45. The third kappa shape index (κ3) is 2.91. The summed E-state index contributed by atoms with van der Waals surface area (Å²) in [6.07, 6.45) is 2.82. The van der Waals surface area contributed by atoms with Gasteiger partial charge in [-0.25, -0.2) is 0 Å². The number of hydrogen-bond donors (Lipinski definition) is 2. The van der Waals surface area contributed by atoms with E-state index in [1.54, 1.807) is 0 Å². The van der Waals surface area contributed by atoms with Crippen molar-refractivity contribution < 1.29 is 10.2 Å². The second-order valence-corrected chi connectivity index (χ2v) is 6.88. The normalized spacial score (nSPS) is 12.0. The first-order valence-corrected chi connectivity index (χ1v) is 8.46. The average molecular weight is 290 g/mol. The van der Waals surface area contributed by atoms with Gasteiger partial charge in [0, 0.05) is 21.6 Å². The summed E-state index contributed by atoms with van der Waals surface area (Å²) in [5.74, 6) is 1.31. The molecule has 0 spiro atoms. The van der Waals surface area contributed by atoms with Crippen LogP contribution in [-0.4, -0.2) is 16.4 Å². The van der Waals surface area contributed by atoms with Gasteiger partial charge in [-0.2, -0.15) is 0 Å². The van der Waals surface area contributed by atoms with Crippen LogP contribution in [-0.2, 0) is 6.42 Å². The molecule has 1 atom stereocenters. The zero-order valence-corrected chi connectivity index (χ0v) is 13.4. The Morgan fingerprint density at radius 2 is 1.65 bits per heavy atom. The smallest absolute Gasteiger partial charge is 0.131 e. The van der Waals surface area contributed by atoms with Crippen molar-refractivity contribution in [2.45, 2.75) is 33.6 Å². The molecule has 108 valence electrons. The quantitative estimate of drug-likeness (QED) is 0.641. The van der Waals surface area contributed by atoms with Crippen LogP contribution in [0.15, 0.2) is 24.3 Å². The first-order chi connectivity index (χ1) is 9.56. The Morgan fingerprint density at radius 1 is 1.05 bits per heavy atom. The maximum Gasteiger partial charge on any atom is 0.131 e. The molecule has 0 aromatic heterocycles. The highest BCUT2D eigenvalue weighted by Crippen LogP contribution is 2.38. The number of rotatable bonds is 5. The van der Waals surface area contributed by atoms with Crippen LogP contribution >= 0.6 is 8.58 Å². The maximum atomic E-state index is 10.6. The van der Waals surface area contributed by atoms with Gasteiger partial charge in [0.25, 0.3) is 0 Å². The van der Waals surface area contributed by atoms with E-state index in [9.17, 15) is 10.2 Å². The Kier molecular flexibility index (Phi) is 4.88. The lowest BCUT2D eigenvalue weighted by Gasteiger charge is -2.17. The molecule has 0 amide bonds. The predicted molar refractivity (Wildman–Crippen MR) is 88.9 cm³/mol. The third-order valence-electron chi connectivity index (χ3n) is 3.45. The summed E-state index contributed by atoms with van der Waals surface area (Å²) in [5.41, 5.74) is 0.933. The molecule has 0 heterocycles. The molecule has 20 heavy (non-hydrogen) atoms. The molecule has 2 nitrogen and oxygen atoms in total. The van der Waals surface area contributed by atoms with E-state index in [4.69, 9.17) is 0 Å². The minimum atomic E-state index is 0.353. The summed E-state index contributed by atoms with van der Waals surface area (Å²) in [5, 5.41) is 23.6. The van der Waals surface area contributed by atoms with Crippen molar-refractivity contribution in [3.8, 4) is 11.5 Å². The molecule has 0 aliphatic carbocycles. The molecule has 0 bridgehead atoms. The summed E-state index contributed by atoms with van der Waals surface area (Å²) in [6.45, 7) is 6.47. The first-order valence-electron chi connectivity index (χ1n) is 7.25. The molecular formula is C17H23O2P. The number of phenolic OH excluding ortho intramolecular Hbond substituents is 2. The van der Waals surface area contributed by atoms with E-state index in [1.165, 1.54) is 0 Å². The largest absolute Gasteiger partial charge is 0.507 e. The fourth-order valence-electron chi connectivity index (χ4n) is 2.44. The molecule has 3 heteroatoms. The van der Waals surface area contributed by atoms with Crippen LogP contribution in [0.4, 0.5) is 0 Å². The van der Waals surface area contributed by atoms with Gasteiger partial charge in [-0.3, -0.25) is 0 Å². The van der Waals surface area contributed by atoms with Gasteiger partial charge in [-0.1, -0.05) is 60.0 Å². The van der Waals surface area contributed by atoms with E-state index >= 15 is 0 Å². The van der Waals surface area contributed by atoms with Gasteiger partial charge >= 0.3 is 0 Å².